The minimum absolute atomic E-state index is 0.0164. The summed E-state index contributed by atoms with van der Waals surface area (Å²) in [6.45, 7) is 2.70. The summed E-state index contributed by atoms with van der Waals surface area (Å²) in [6, 6.07) is 11.6. The van der Waals surface area contributed by atoms with Gasteiger partial charge in [0.15, 0.2) is 5.13 Å². The largest absolute Gasteiger partial charge is 0.494 e. The van der Waals surface area contributed by atoms with Gasteiger partial charge in [-0.05, 0) is 48.9 Å². The van der Waals surface area contributed by atoms with Gasteiger partial charge >= 0.3 is 0 Å². The highest BCUT2D eigenvalue weighted by atomic mass is 35.5. The molecule has 0 fully saturated rings. The molecule has 10 heteroatoms. The molecule has 0 aliphatic carbocycles. The average molecular weight is 480 g/mol. The van der Waals surface area contributed by atoms with Crippen molar-refractivity contribution >= 4 is 44.0 Å². The number of benzene rings is 2. The van der Waals surface area contributed by atoms with Crippen LogP contribution in [0.5, 0.6) is 5.75 Å². The lowest BCUT2D eigenvalue weighted by Crippen LogP contribution is -2.23. The SMILES string of the molecule is CCCOc1ccc(-c2csc(NC(=O)c3cc(S(=O)(=O)N(C)C)ccc3Cl)n2)cc1. The van der Waals surface area contributed by atoms with Crippen LogP contribution in [0.3, 0.4) is 0 Å². The third-order valence-electron chi connectivity index (χ3n) is 4.31. The van der Waals surface area contributed by atoms with E-state index in [0.717, 1.165) is 22.0 Å². The molecule has 0 saturated heterocycles. The van der Waals surface area contributed by atoms with Crippen LogP contribution in [0.4, 0.5) is 5.13 Å². The fraction of sp³-hybridized carbons (Fsp3) is 0.238. The summed E-state index contributed by atoms with van der Waals surface area (Å²) in [5.74, 6) is 0.251. The Bertz CT molecular complexity index is 1180. The van der Waals surface area contributed by atoms with Gasteiger partial charge in [0.25, 0.3) is 5.91 Å². The molecule has 1 N–H and O–H groups in total. The van der Waals surface area contributed by atoms with Crippen molar-refractivity contribution in [1.29, 1.82) is 0 Å². The Morgan fingerprint density at radius 3 is 2.55 bits per heavy atom. The summed E-state index contributed by atoms with van der Waals surface area (Å²) < 4.78 is 31.4. The lowest BCUT2D eigenvalue weighted by atomic mass is 10.2. The fourth-order valence-electron chi connectivity index (χ4n) is 2.62. The lowest BCUT2D eigenvalue weighted by Gasteiger charge is -2.13. The van der Waals surface area contributed by atoms with Gasteiger partial charge in [0.1, 0.15) is 5.75 Å². The van der Waals surface area contributed by atoms with Gasteiger partial charge in [-0.25, -0.2) is 17.7 Å². The molecule has 0 bridgehead atoms. The van der Waals surface area contributed by atoms with Gasteiger partial charge in [-0.15, -0.1) is 11.3 Å². The van der Waals surface area contributed by atoms with Crippen LogP contribution in [0, 0.1) is 0 Å². The Balaban J connectivity index is 1.77. The van der Waals surface area contributed by atoms with Crippen molar-refractivity contribution in [2.45, 2.75) is 18.2 Å². The van der Waals surface area contributed by atoms with Crippen LogP contribution >= 0.6 is 22.9 Å². The number of nitrogens with zero attached hydrogens (tertiary/aromatic N) is 2. The Morgan fingerprint density at radius 2 is 1.90 bits per heavy atom. The zero-order valence-corrected chi connectivity index (χ0v) is 19.6. The number of carbonyl (C=O) groups is 1. The predicted molar refractivity (Wildman–Crippen MR) is 124 cm³/mol. The molecular weight excluding hydrogens is 458 g/mol. The summed E-state index contributed by atoms with van der Waals surface area (Å²) in [6.07, 6.45) is 0.935. The second-order valence-electron chi connectivity index (χ2n) is 6.79. The van der Waals surface area contributed by atoms with Crippen molar-refractivity contribution in [1.82, 2.24) is 9.29 Å². The molecule has 2 aromatic carbocycles. The average Bonchev–Trinajstić information content (AvgIpc) is 3.21. The number of amides is 1. The van der Waals surface area contributed by atoms with E-state index in [1.807, 2.05) is 36.6 Å². The van der Waals surface area contributed by atoms with Gasteiger partial charge in [-0.2, -0.15) is 0 Å². The Hall–Kier alpha value is -2.46. The fourth-order valence-corrected chi connectivity index (χ4v) is 4.47. The van der Waals surface area contributed by atoms with Crippen LogP contribution in [0.25, 0.3) is 11.3 Å². The van der Waals surface area contributed by atoms with Crippen LogP contribution in [-0.2, 0) is 10.0 Å². The number of hydrogen-bond acceptors (Lipinski definition) is 6. The Morgan fingerprint density at radius 1 is 1.19 bits per heavy atom. The maximum absolute atomic E-state index is 12.7. The van der Waals surface area contributed by atoms with Gasteiger partial charge in [0.05, 0.1) is 27.8 Å². The van der Waals surface area contributed by atoms with Crippen LogP contribution in [0.1, 0.15) is 23.7 Å². The molecule has 0 aliphatic rings. The molecule has 0 aliphatic heterocycles. The highest BCUT2D eigenvalue weighted by Gasteiger charge is 2.21. The number of thiazole rings is 1. The van der Waals surface area contributed by atoms with Crippen molar-refractivity contribution in [2.24, 2.45) is 0 Å². The molecule has 0 saturated carbocycles. The minimum Gasteiger partial charge on any atom is -0.494 e. The van der Waals surface area contributed by atoms with E-state index in [2.05, 4.69) is 10.3 Å². The first-order chi connectivity index (χ1) is 14.7. The maximum atomic E-state index is 12.7. The van der Waals surface area contributed by atoms with Crippen LogP contribution in [0.15, 0.2) is 52.7 Å². The number of halogens is 1. The number of rotatable bonds is 8. The van der Waals surface area contributed by atoms with E-state index in [4.69, 9.17) is 16.3 Å². The summed E-state index contributed by atoms with van der Waals surface area (Å²) in [7, 11) is -0.853. The van der Waals surface area contributed by atoms with Crippen LogP contribution < -0.4 is 10.1 Å². The highest BCUT2D eigenvalue weighted by Crippen LogP contribution is 2.28. The van der Waals surface area contributed by atoms with Crippen LogP contribution in [0.2, 0.25) is 5.02 Å². The van der Waals surface area contributed by atoms with E-state index in [9.17, 15) is 13.2 Å². The third kappa shape index (κ3) is 5.43. The molecule has 0 atom stereocenters. The van der Waals surface area contributed by atoms with E-state index >= 15 is 0 Å². The number of carbonyl (C=O) groups excluding carboxylic acids is 1. The van der Waals surface area contributed by atoms with Gasteiger partial charge in [-0.1, -0.05) is 18.5 Å². The second-order valence-corrected chi connectivity index (χ2v) is 10.2. The van der Waals surface area contributed by atoms with Crippen molar-refractivity contribution < 1.29 is 17.9 Å². The maximum Gasteiger partial charge on any atom is 0.259 e. The zero-order valence-electron chi connectivity index (χ0n) is 17.3. The van der Waals surface area contributed by atoms with Crippen LogP contribution in [-0.4, -0.2) is 44.3 Å². The number of ether oxygens (including phenoxy) is 1. The molecule has 0 spiro atoms. The molecule has 31 heavy (non-hydrogen) atoms. The smallest absolute Gasteiger partial charge is 0.259 e. The van der Waals surface area contributed by atoms with E-state index in [0.29, 0.717) is 17.4 Å². The second kappa shape index (κ2) is 9.78. The lowest BCUT2D eigenvalue weighted by molar-refractivity contribution is 0.102. The van der Waals surface area contributed by atoms with Crippen molar-refractivity contribution in [3.8, 4) is 17.0 Å². The van der Waals surface area contributed by atoms with Crippen molar-refractivity contribution in [3.05, 3.63) is 58.4 Å². The van der Waals surface area contributed by atoms with E-state index in [-0.39, 0.29) is 15.5 Å². The van der Waals surface area contributed by atoms with Gasteiger partial charge in [0, 0.05) is 25.0 Å². The monoisotopic (exact) mass is 479 g/mol. The number of anilines is 1. The zero-order chi connectivity index (χ0) is 22.6. The first-order valence-corrected chi connectivity index (χ1v) is 12.1. The van der Waals surface area contributed by atoms with Crippen molar-refractivity contribution in [3.63, 3.8) is 0 Å². The molecule has 1 aromatic heterocycles. The minimum atomic E-state index is -3.69. The predicted octanol–water partition coefficient (Wildman–Crippen LogP) is 4.75. The number of aromatic nitrogens is 1. The van der Waals surface area contributed by atoms with E-state index in [1.54, 1.807) is 0 Å². The number of hydrogen-bond donors (Lipinski definition) is 1. The van der Waals surface area contributed by atoms with Crippen molar-refractivity contribution in [2.75, 3.05) is 26.0 Å². The molecule has 7 nitrogen and oxygen atoms in total. The molecule has 164 valence electrons. The summed E-state index contributed by atoms with van der Waals surface area (Å²) in [5, 5.41) is 5.04. The normalized spacial score (nSPS) is 11.5. The van der Waals surface area contributed by atoms with E-state index in [1.165, 1.54) is 43.6 Å². The standard InChI is InChI=1S/C21H22ClN3O4S2/c1-4-11-29-15-7-5-14(6-8-15)19-13-30-21(23-19)24-20(26)17-12-16(9-10-18(17)22)31(27,28)25(2)3/h5-10,12-13H,4,11H2,1-3H3,(H,23,24,26). The number of nitrogens with one attached hydrogen (secondary N) is 1. The molecule has 0 radical (unpaired) electrons. The first-order valence-electron chi connectivity index (χ1n) is 9.44. The highest BCUT2D eigenvalue weighted by molar-refractivity contribution is 7.89. The molecular formula is C21H22ClN3O4S2. The topological polar surface area (TPSA) is 88.6 Å². The molecule has 0 unspecified atom stereocenters. The summed E-state index contributed by atoms with van der Waals surface area (Å²) in [4.78, 5) is 17.1. The van der Waals surface area contributed by atoms with Gasteiger partial charge < -0.3 is 4.74 Å². The molecule has 3 aromatic rings. The number of sulfonamides is 1. The Kier molecular flexibility index (Phi) is 7.32. The molecule has 1 amide bonds. The quantitative estimate of drug-likeness (QED) is 0.503. The first kappa shape index (κ1) is 23.2. The molecule has 3 rings (SSSR count). The van der Waals surface area contributed by atoms with E-state index < -0.39 is 15.9 Å². The third-order valence-corrected chi connectivity index (χ3v) is 7.21. The summed E-state index contributed by atoms with van der Waals surface area (Å²) >= 11 is 7.40. The van der Waals surface area contributed by atoms with Gasteiger partial charge in [-0.3, -0.25) is 10.1 Å². The Labute approximate surface area is 190 Å². The summed E-state index contributed by atoms with van der Waals surface area (Å²) in [5.41, 5.74) is 1.65. The molecule has 1 heterocycles. The van der Waals surface area contributed by atoms with Gasteiger partial charge in [0.2, 0.25) is 10.0 Å².